The summed E-state index contributed by atoms with van der Waals surface area (Å²) in [5.41, 5.74) is 4.16. The van der Waals surface area contributed by atoms with Crippen LogP contribution in [-0.4, -0.2) is 15.3 Å². The predicted molar refractivity (Wildman–Crippen MR) is 82.4 cm³/mol. The zero-order valence-electron chi connectivity index (χ0n) is 11.9. The summed E-state index contributed by atoms with van der Waals surface area (Å²) < 4.78 is 3.12. The SMILES string of the molecule is Cc1cc2c(n1-c1ccncc1Br)CC(C)(C)CC2=O. The van der Waals surface area contributed by atoms with Gasteiger partial charge in [0.2, 0.25) is 0 Å². The summed E-state index contributed by atoms with van der Waals surface area (Å²) in [6.45, 7) is 6.36. The molecule has 0 amide bonds. The molecular formula is C16H17BrN2O. The largest absolute Gasteiger partial charge is 0.316 e. The Kier molecular flexibility index (Phi) is 3.09. The van der Waals surface area contributed by atoms with Gasteiger partial charge in [0, 0.05) is 35.8 Å². The molecule has 2 aromatic heterocycles. The van der Waals surface area contributed by atoms with Crippen LogP contribution >= 0.6 is 15.9 Å². The molecule has 0 atom stereocenters. The lowest BCUT2D eigenvalue weighted by Gasteiger charge is -2.30. The first-order valence-corrected chi connectivity index (χ1v) is 7.53. The minimum atomic E-state index is 0.0200. The molecule has 1 aliphatic carbocycles. The average molecular weight is 333 g/mol. The van der Waals surface area contributed by atoms with Gasteiger partial charge in [0.15, 0.2) is 5.78 Å². The number of Topliss-reactive ketones (excluding diaryl/α,β-unsaturated/α-hetero) is 1. The van der Waals surface area contributed by atoms with E-state index in [1.807, 2.05) is 19.1 Å². The molecule has 0 aliphatic heterocycles. The van der Waals surface area contributed by atoms with Crippen molar-refractivity contribution in [2.24, 2.45) is 5.41 Å². The highest BCUT2D eigenvalue weighted by Crippen LogP contribution is 2.38. The van der Waals surface area contributed by atoms with Crippen molar-refractivity contribution in [3.63, 3.8) is 0 Å². The molecule has 4 heteroatoms. The Morgan fingerprint density at radius 1 is 1.35 bits per heavy atom. The summed E-state index contributed by atoms with van der Waals surface area (Å²) in [7, 11) is 0. The van der Waals surface area contributed by atoms with Crippen LogP contribution < -0.4 is 0 Å². The molecule has 0 aromatic carbocycles. The van der Waals surface area contributed by atoms with E-state index in [2.05, 4.69) is 39.3 Å². The van der Waals surface area contributed by atoms with Crippen LogP contribution in [0.15, 0.2) is 29.0 Å². The maximum atomic E-state index is 12.3. The Bertz CT molecular complexity index is 700. The summed E-state index contributed by atoms with van der Waals surface area (Å²) in [4.78, 5) is 16.5. The molecule has 2 heterocycles. The first kappa shape index (κ1) is 13.6. The van der Waals surface area contributed by atoms with Crippen LogP contribution in [-0.2, 0) is 6.42 Å². The molecule has 0 saturated carbocycles. The third-order valence-electron chi connectivity index (χ3n) is 3.86. The van der Waals surface area contributed by atoms with Gasteiger partial charge in [0.05, 0.1) is 10.2 Å². The van der Waals surface area contributed by atoms with Gasteiger partial charge in [-0.3, -0.25) is 9.78 Å². The summed E-state index contributed by atoms with van der Waals surface area (Å²) in [6, 6.07) is 3.99. The van der Waals surface area contributed by atoms with Crippen LogP contribution in [0.5, 0.6) is 0 Å². The lowest BCUT2D eigenvalue weighted by molar-refractivity contribution is 0.0911. The van der Waals surface area contributed by atoms with E-state index < -0.39 is 0 Å². The number of aryl methyl sites for hydroxylation is 1. The average Bonchev–Trinajstić information content (AvgIpc) is 2.66. The maximum Gasteiger partial charge on any atom is 0.165 e. The number of rotatable bonds is 1. The third kappa shape index (κ3) is 2.12. The van der Waals surface area contributed by atoms with Crippen molar-refractivity contribution in [2.75, 3.05) is 0 Å². The van der Waals surface area contributed by atoms with Crippen LogP contribution in [0, 0.1) is 12.3 Å². The van der Waals surface area contributed by atoms with Crippen molar-refractivity contribution < 1.29 is 4.79 Å². The molecule has 3 nitrogen and oxygen atoms in total. The molecule has 0 bridgehead atoms. The molecule has 0 fully saturated rings. The van der Waals surface area contributed by atoms with Crippen molar-refractivity contribution in [1.82, 2.24) is 9.55 Å². The smallest absolute Gasteiger partial charge is 0.165 e. The van der Waals surface area contributed by atoms with E-state index in [9.17, 15) is 4.79 Å². The van der Waals surface area contributed by atoms with E-state index in [-0.39, 0.29) is 11.2 Å². The fourth-order valence-electron chi connectivity index (χ4n) is 3.04. The first-order valence-electron chi connectivity index (χ1n) is 6.73. The molecule has 20 heavy (non-hydrogen) atoms. The van der Waals surface area contributed by atoms with Gasteiger partial charge in [-0.15, -0.1) is 0 Å². The van der Waals surface area contributed by atoms with Crippen molar-refractivity contribution in [3.8, 4) is 5.69 Å². The van der Waals surface area contributed by atoms with E-state index in [0.29, 0.717) is 6.42 Å². The van der Waals surface area contributed by atoms with E-state index in [1.54, 1.807) is 12.4 Å². The molecule has 0 unspecified atom stereocenters. The van der Waals surface area contributed by atoms with Crippen LogP contribution in [0.2, 0.25) is 0 Å². The molecule has 1 aliphatic rings. The van der Waals surface area contributed by atoms with E-state index in [4.69, 9.17) is 0 Å². The van der Waals surface area contributed by atoms with E-state index in [1.165, 1.54) is 0 Å². The van der Waals surface area contributed by atoms with Gasteiger partial charge in [0.25, 0.3) is 0 Å². The normalized spacial score (nSPS) is 17.1. The maximum absolute atomic E-state index is 12.3. The topological polar surface area (TPSA) is 34.9 Å². The Hall–Kier alpha value is -1.42. The fraction of sp³-hybridized carbons (Fsp3) is 0.375. The Labute approximate surface area is 127 Å². The van der Waals surface area contributed by atoms with Gasteiger partial charge in [-0.2, -0.15) is 0 Å². The van der Waals surface area contributed by atoms with Gasteiger partial charge in [0.1, 0.15) is 0 Å². The summed E-state index contributed by atoms with van der Waals surface area (Å²) >= 11 is 3.56. The standard InChI is InChI=1S/C16H17BrN2O/c1-10-6-11-14(7-16(2,3)8-15(11)20)19(10)13-4-5-18-9-12(13)17/h4-6,9H,7-8H2,1-3H3. The molecule has 2 aromatic rings. The van der Waals surface area contributed by atoms with Crippen LogP contribution in [0.4, 0.5) is 0 Å². The zero-order chi connectivity index (χ0) is 14.5. The second-order valence-electron chi connectivity index (χ2n) is 6.25. The molecule has 104 valence electrons. The van der Waals surface area contributed by atoms with Gasteiger partial charge in [-0.25, -0.2) is 0 Å². The minimum absolute atomic E-state index is 0.0200. The summed E-state index contributed by atoms with van der Waals surface area (Å²) in [6.07, 6.45) is 5.11. The Morgan fingerprint density at radius 2 is 2.10 bits per heavy atom. The molecule has 3 rings (SSSR count). The van der Waals surface area contributed by atoms with Gasteiger partial charge in [-0.05, 0) is 46.8 Å². The fourth-order valence-corrected chi connectivity index (χ4v) is 3.46. The van der Waals surface area contributed by atoms with Gasteiger partial charge in [-0.1, -0.05) is 13.8 Å². The second-order valence-corrected chi connectivity index (χ2v) is 7.10. The number of hydrogen-bond acceptors (Lipinski definition) is 2. The van der Waals surface area contributed by atoms with Crippen molar-refractivity contribution in [2.45, 2.75) is 33.6 Å². The molecule has 0 saturated heterocycles. The lowest BCUT2D eigenvalue weighted by atomic mass is 9.76. The second kappa shape index (κ2) is 4.55. The van der Waals surface area contributed by atoms with Crippen LogP contribution in [0.25, 0.3) is 5.69 Å². The molecular weight excluding hydrogens is 316 g/mol. The highest BCUT2D eigenvalue weighted by Gasteiger charge is 2.34. The summed E-state index contributed by atoms with van der Waals surface area (Å²) in [5, 5.41) is 0. The number of halogens is 1. The Morgan fingerprint density at radius 3 is 2.80 bits per heavy atom. The number of carbonyl (C=O) groups is 1. The number of hydrogen-bond donors (Lipinski definition) is 0. The monoisotopic (exact) mass is 332 g/mol. The van der Waals surface area contributed by atoms with Crippen LogP contribution in [0.1, 0.15) is 42.0 Å². The van der Waals surface area contributed by atoms with Crippen molar-refractivity contribution in [3.05, 3.63) is 46.0 Å². The quantitative estimate of drug-likeness (QED) is 0.788. The highest BCUT2D eigenvalue weighted by atomic mass is 79.9. The molecule has 0 spiro atoms. The highest BCUT2D eigenvalue weighted by molar-refractivity contribution is 9.10. The first-order chi connectivity index (χ1) is 9.39. The molecule has 0 radical (unpaired) electrons. The number of pyridine rings is 1. The summed E-state index contributed by atoms with van der Waals surface area (Å²) in [5.74, 6) is 0.253. The number of carbonyl (C=O) groups excluding carboxylic acids is 1. The third-order valence-corrected chi connectivity index (χ3v) is 4.48. The zero-order valence-corrected chi connectivity index (χ0v) is 13.5. The van der Waals surface area contributed by atoms with Gasteiger partial charge >= 0.3 is 0 Å². The minimum Gasteiger partial charge on any atom is -0.316 e. The van der Waals surface area contributed by atoms with E-state index >= 15 is 0 Å². The molecule has 0 N–H and O–H groups in total. The number of aromatic nitrogens is 2. The van der Waals surface area contributed by atoms with Gasteiger partial charge < -0.3 is 4.57 Å². The number of fused-ring (bicyclic) bond motifs is 1. The predicted octanol–water partition coefficient (Wildman–Crippen LogP) is 4.10. The van der Waals surface area contributed by atoms with Crippen molar-refractivity contribution in [1.29, 1.82) is 0 Å². The number of ketones is 1. The van der Waals surface area contributed by atoms with Crippen LogP contribution in [0.3, 0.4) is 0 Å². The number of nitrogens with zero attached hydrogens (tertiary/aromatic N) is 2. The Balaban J connectivity index is 2.24. The van der Waals surface area contributed by atoms with E-state index in [0.717, 1.165) is 33.5 Å². The lowest BCUT2D eigenvalue weighted by Crippen LogP contribution is -2.27. The van der Waals surface area contributed by atoms with Crippen molar-refractivity contribution >= 4 is 21.7 Å².